The first-order chi connectivity index (χ1) is 15.6. The van der Waals surface area contributed by atoms with Crippen molar-refractivity contribution in [3.8, 4) is 17.2 Å². The minimum atomic E-state index is -0.0650. The van der Waals surface area contributed by atoms with Crippen LogP contribution in [0.25, 0.3) is 0 Å². The maximum absolute atomic E-state index is 11.7. The van der Waals surface area contributed by atoms with Crippen LogP contribution in [0.15, 0.2) is 47.5 Å². The zero-order chi connectivity index (χ0) is 22.8. The number of benzene rings is 2. The molecule has 0 heterocycles. The van der Waals surface area contributed by atoms with Gasteiger partial charge in [-0.2, -0.15) is 0 Å². The molecule has 8 nitrogen and oxygen atoms in total. The lowest BCUT2D eigenvalue weighted by atomic mass is 10.1. The SMILES string of the molecule is CCOc1ccc(NC(=NC)NCCc2ccc(OCC(=O)NC3CC3)cc2)cc1OC.I. The summed E-state index contributed by atoms with van der Waals surface area (Å²) in [5.74, 6) is 2.66. The second kappa shape index (κ2) is 13.8. The van der Waals surface area contributed by atoms with Crippen molar-refractivity contribution in [1.82, 2.24) is 10.6 Å². The van der Waals surface area contributed by atoms with Crippen LogP contribution in [0.3, 0.4) is 0 Å². The molecule has 1 aliphatic carbocycles. The van der Waals surface area contributed by atoms with Crippen LogP contribution in [0, 0.1) is 0 Å². The molecule has 2 aromatic carbocycles. The normalized spacial score (nSPS) is 12.9. The minimum Gasteiger partial charge on any atom is -0.493 e. The largest absolute Gasteiger partial charge is 0.493 e. The van der Waals surface area contributed by atoms with Gasteiger partial charge in [-0.1, -0.05) is 12.1 Å². The van der Waals surface area contributed by atoms with Gasteiger partial charge < -0.3 is 30.2 Å². The van der Waals surface area contributed by atoms with Crippen molar-refractivity contribution in [2.45, 2.75) is 32.2 Å². The zero-order valence-corrected chi connectivity index (χ0v) is 21.7. The van der Waals surface area contributed by atoms with Crippen molar-refractivity contribution in [3.63, 3.8) is 0 Å². The lowest BCUT2D eigenvalue weighted by Gasteiger charge is -2.14. The molecule has 3 rings (SSSR count). The highest BCUT2D eigenvalue weighted by Gasteiger charge is 2.23. The molecule has 0 atom stereocenters. The number of ether oxygens (including phenoxy) is 3. The van der Waals surface area contributed by atoms with Crippen molar-refractivity contribution in [2.24, 2.45) is 4.99 Å². The molecular weight excluding hydrogens is 535 g/mol. The maximum atomic E-state index is 11.7. The molecule has 0 unspecified atom stereocenters. The van der Waals surface area contributed by atoms with Gasteiger partial charge in [-0.3, -0.25) is 9.79 Å². The van der Waals surface area contributed by atoms with Crippen LogP contribution in [0.2, 0.25) is 0 Å². The number of carbonyl (C=O) groups is 1. The van der Waals surface area contributed by atoms with Gasteiger partial charge in [0, 0.05) is 31.4 Å². The highest BCUT2D eigenvalue weighted by atomic mass is 127. The molecule has 33 heavy (non-hydrogen) atoms. The Bertz CT molecular complexity index is 917. The molecule has 2 aromatic rings. The van der Waals surface area contributed by atoms with Gasteiger partial charge in [-0.15, -0.1) is 24.0 Å². The first-order valence-corrected chi connectivity index (χ1v) is 10.9. The molecule has 1 saturated carbocycles. The summed E-state index contributed by atoms with van der Waals surface area (Å²) in [6.07, 6.45) is 2.96. The highest BCUT2D eigenvalue weighted by molar-refractivity contribution is 14.0. The van der Waals surface area contributed by atoms with Gasteiger partial charge >= 0.3 is 0 Å². The van der Waals surface area contributed by atoms with E-state index in [1.165, 1.54) is 0 Å². The summed E-state index contributed by atoms with van der Waals surface area (Å²) in [6, 6.07) is 13.8. The van der Waals surface area contributed by atoms with Crippen molar-refractivity contribution >= 4 is 41.5 Å². The Hall–Kier alpha value is -2.69. The number of nitrogens with zero attached hydrogens (tertiary/aromatic N) is 1. The van der Waals surface area contributed by atoms with Crippen LogP contribution in [-0.4, -0.2) is 51.8 Å². The van der Waals surface area contributed by atoms with Crippen molar-refractivity contribution in [3.05, 3.63) is 48.0 Å². The van der Waals surface area contributed by atoms with Crippen LogP contribution >= 0.6 is 24.0 Å². The van der Waals surface area contributed by atoms with E-state index >= 15 is 0 Å². The molecule has 0 bridgehead atoms. The van der Waals surface area contributed by atoms with E-state index in [9.17, 15) is 4.79 Å². The van der Waals surface area contributed by atoms with Gasteiger partial charge in [0.1, 0.15) is 5.75 Å². The summed E-state index contributed by atoms with van der Waals surface area (Å²) in [5.41, 5.74) is 2.01. The quantitative estimate of drug-likeness (QED) is 0.218. The van der Waals surface area contributed by atoms with Gasteiger partial charge in [0.15, 0.2) is 24.1 Å². The topological polar surface area (TPSA) is 93.2 Å². The van der Waals surface area contributed by atoms with Gasteiger partial charge in [0.2, 0.25) is 0 Å². The fraction of sp³-hybridized carbons (Fsp3) is 0.417. The molecular formula is C24H33IN4O4. The van der Waals surface area contributed by atoms with E-state index in [-0.39, 0.29) is 36.5 Å². The predicted molar refractivity (Wildman–Crippen MR) is 141 cm³/mol. The van der Waals surface area contributed by atoms with Crippen molar-refractivity contribution in [2.75, 3.05) is 39.2 Å². The van der Waals surface area contributed by atoms with Crippen LogP contribution in [-0.2, 0) is 11.2 Å². The zero-order valence-electron chi connectivity index (χ0n) is 19.3. The molecule has 0 saturated heterocycles. The fourth-order valence-electron chi connectivity index (χ4n) is 3.06. The Morgan fingerprint density at radius 1 is 1.09 bits per heavy atom. The Kier molecular flexibility index (Phi) is 11.1. The Morgan fingerprint density at radius 3 is 2.48 bits per heavy atom. The molecule has 0 radical (unpaired) electrons. The van der Waals surface area contributed by atoms with Crippen LogP contribution in [0.5, 0.6) is 17.2 Å². The second-order valence-electron chi connectivity index (χ2n) is 7.45. The van der Waals surface area contributed by atoms with Gasteiger partial charge in [0.05, 0.1) is 13.7 Å². The molecule has 0 aliphatic heterocycles. The number of halogens is 1. The summed E-state index contributed by atoms with van der Waals surface area (Å²) >= 11 is 0. The number of carbonyl (C=O) groups excluding carboxylic acids is 1. The number of nitrogens with one attached hydrogen (secondary N) is 3. The van der Waals surface area contributed by atoms with Crippen LogP contribution in [0.4, 0.5) is 5.69 Å². The van der Waals surface area contributed by atoms with E-state index in [2.05, 4.69) is 20.9 Å². The van der Waals surface area contributed by atoms with Crippen molar-refractivity contribution < 1.29 is 19.0 Å². The molecule has 0 spiro atoms. The van der Waals surface area contributed by atoms with E-state index in [4.69, 9.17) is 14.2 Å². The molecule has 1 amide bonds. The van der Waals surface area contributed by atoms with E-state index in [0.29, 0.717) is 42.4 Å². The summed E-state index contributed by atoms with van der Waals surface area (Å²) in [5, 5.41) is 9.47. The summed E-state index contributed by atoms with van der Waals surface area (Å²) in [6.45, 7) is 3.27. The number of anilines is 1. The lowest BCUT2D eigenvalue weighted by Crippen LogP contribution is -2.32. The smallest absolute Gasteiger partial charge is 0.258 e. The third-order valence-corrected chi connectivity index (χ3v) is 4.89. The fourth-order valence-corrected chi connectivity index (χ4v) is 3.06. The summed E-state index contributed by atoms with van der Waals surface area (Å²) in [4.78, 5) is 16.0. The Labute approximate surface area is 212 Å². The monoisotopic (exact) mass is 568 g/mol. The number of guanidine groups is 1. The average molecular weight is 568 g/mol. The van der Waals surface area contributed by atoms with Gasteiger partial charge in [-0.05, 0) is 56.0 Å². The third kappa shape index (κ3) is 8.99. The molecule has 180 valence electrons. The van der Waals surface area contributed by atoms with Gasteiger partial charge in [0.25, 0.3) is 5.91 Å². The van der Waals surface area contributed by atoms with E-state index < -0.39 is 0 Å². The standard InChI is InChI=1S/C24H32N4O4.HI/c1-4-31-21-12-9-19(15-22(21)30-3)28-24(25-2)26-14-13-17-5-10-20(11-6-17)32-16-23(29)27-18-7-8-18;/h5-6,9-12,15,18H,4,7-8,13-14,16H2,1-3H3,(H,27,29)(H2,25,26,28);1H. The van der Waals surface area contributed by atoms with Crippen molar-refractivity contribution in [1.29, 1.82) is 0 Å². The van der Waals surface area contributed by atoms with Crippen LogP contribution < -0.4 is 30.2 Å². The summed E-state index contributed by atoms with van der Waals surface area (Å²) < 4.78 is 16.5. The number of hydrogen-bond acceptors (Lipinski definition) is 5. The van der Waals surface area contributed by atoms with E-state index in [1.807, 2.05) is 49.4 Å². The molecule has 1 fully saturated rings. The number of rotatable bonds is 11. The highest BCUT2D eigenvalue weighted by Crippen LogP contribution is 2.30. The van der Waals surface area contributed by atoms with Gasteiger partial charge in [-0.25, -0.2) is 0 Å². The lowest BCUT2D eigenvalue weighted by molar-refractivity contribution is -0.123. The number of aliphatic imine (C=N–C) groups is 1. The average Bonchev–Trinajstić information content (AvgIpc) is 3.62. The third-order valence-electron chi connectivity index (χ3n) is 4.89. The number of hydrogen-bond donors (Lipinski definition) is 3. The Morgan fingerprint density at radius 2 is 1.85 bits per heavy atom. The van der Waals surface area contributed by atoms with E-state index in [1.54, 1.807) is 14.2 Å². The Balaban J connectivity index is 0.00000385. The first-order valence-electron chi connectivity index (χ1n) is 10.9. The summed E-state index contributed by atoms with van der Waals surface area (Å²) in [7, 11) is 3.35. The second-order valence-corrected chi connectivity index (χ2v) is 7.45. The van der Waals surface area contributed by atoms with Crippen LogP contribution in [0.1, 0.15) is 25.3 Å². The minimum absolute atomic E-state index is 0. The first kappa shape index (κ1) is 26.6. The molecule has 0 aromatic heterocycles. The number of methoxy groups -OCH3 is 1. The van der Waals surface area contributed by atoms with E-state index in [0.717, 1.165) is 30.5 Å². The molecule has 3 N–H and O–H groups in total. The molecule has 9 heteroatoms. The predicted octanol–water partition coefficient (Wildman–Crippen LogP) is 3.60. The maximum Gasteiger partial charge on any atom is 0.258 e. The number of amides is 1. The molecule has 1 aliphatic rings.